The van der Waals surface area contributed by atoms with Crippen molar-refractivity contribution < 1.29 is 4.79 Å². The minimum absolute atomic E-state index is 0.176. The fourth-order valence-corrected chi connectivity index (χ4v) is 1.45. The van der Waals surface area contributed by atoms with E-state index in [9.17, 15) is 4.79 Å². The van der Waals surface area contributed by atoms with Crippen LogP contribution in [0, 0.1) is 6.92 Å². The zero-order valence-electron chi connectivity index (χ0n) is 8.25. The van der Waals surface area contributed by atoms with E-state index in [-0.39, 0.29) is 5.91 Å². The van der Waals surface area contributed by atoms with E-state index in [4.69, 9.17) is 11.6 Å². The van der Waals surface area contributed by atoms with Gasteiger partial charge in [0.25, 0.3) is 0 Å². The average Bonchev–Trinajstić information content (AvgIpc) is 2.18. The van der Waals surface area contributed by atoms with Gasteiger partial charge >= 0.3 is 0 Å². The van der Waals surface area contributed by atoms with E-state index in [1.54, 1.807) is 12.4 Å². The molecule has 0 aliphatic rings. The minimum Gasteiger partial charge on any atom is -0.355 e. The summed E-state index contributed by atoms with van der Waals surface area (Å²) in [5.74, 6) is -0.176. The molecule has 1 N–H and O–H groups in total. The van der Waals surface area contributed by atoms with Gasteiger partial charge in [-0.25, -0.2) is 0 Å². The molecule has 0 aliphatic carbocycles. The van der Waals surface area contributed by atoms with Gasteiger partial charge in [0.05, 0.1) is 0 Å². The molecule has 0 bridgehead atoms. The van der Waals surface area contributed by atoms with Crippen LogP contribution in [-0.2, 0) is 4.79 Å². The van der Waals surface area contributed by atoms with Crippen LogP contribution in [0.4, 0.5) is 0 Å². The second kappa shape index (κ2) is 4.96. The summed E-state index contributed by atoms with van der Waals surface area (Å²) in [6, 6.07) is 1.84. The number of carbonyl (C=O) groups excluding carboxylic acids is 1. The Morgan fingerprint density at radius 3 is 3.00 bits per heavy atom. The SMILES string of the molecule is CCNC(=O)C(Cl)c1cnccc1C. The molecule has 1 rings (SSSR count). The third-order valence-corrected chi connectivity index (χ3v) is 2.37. The number of pyridine rings is 1. The first-order valence-electron chi connectivity index (χ1n) is 4.49. The first-order valence-corrected chi connectivity index (χ1v) is 4.92. The van der Waals surface area contributed by atoms with Gasteiger partial charge in [0.15, 0.2) is 0 Å². The van der Waals surface area contributed by atoms with Gasteiger partial charge in [-0.2, -0.15) is 0 Å². The summed E-state index contributed by atoms with van der Waals surface area (Å²) in [7, 11) is 0. The fourth-order valence-electron chi connectivity index (χ4n) is 1.15. The number of aryl methyl sites for hydroxylation is 1. The normalized spacial score (nSPS) is 12.2. The van der Waals surface area contributed by atoms with Crippen LogP contribution >= 0.6 is 11.6 Å². The molecule has 0 radical (unpaired) electrons. The summed E-state index contributed by atoms with van der Waals surface area (Å²) in [5, 5.41) is 2.02. The number of hydrogen-bond donors (Lipinski definition) is 1. The number of nitrogens with zero attached hydrogens (tertiary/aromatic N) is 1. The van der Waals surface area contributed by atoms with E-state index in [1.165, 1.54) is 0 Å². The Labute approximate surface area is 88.5 Å². The van der Waals surface area contributed by atoms with Crippen LogP contribution < -0.4 is 5.32 Å². The molecule has 1 aromatic rings. The number of halogens is 1. The molecule has 14 heavy (non-hydrogen) atoms. The molecule has 1 unspecified atom stereocenters. The largest absolute Gasteiger partial charge is 0.355 e. The second-order valence-corrected chi connectivity index (χ2v) is 3.43. The van der Waals surface area contributed by atoms with E-state index in [1.807, 2.05) is 19.9 Å². The predicted molar refractivity (Wildman–Crippen MR) is 56.3 cm³/mol. The van der Waals surface area contributed by atoms with Gasteiger partial charge < -0.3 is 5.32 Å². The topological polar surface area (TPSA) is 42.0 Å². The van der Waals surface area contributed by atoms with E-state index in [2.05, 4.69) is 10.3 Å². The zero-order valence-corrected chi connectivity index (χ0v) is 9.01. The maximum Gasteiger partial charge on any atom is 0.242 e. The lowest BCUT2D eigenvalue weighted by atomic mass is 10.1. The fraction of sp³-hybridized carbons (Fsp3) is 0.400. The lowest BCUT2D eigenvalue weighted by molar-refractivity contribution is -0.120. The molecule has 0 aromatic carbocycles. The van der Waals surface area contributed by atoms with Crippen molar-refractivity contribution in [2.24, 2.45) is 0 Å². The van der Waals surface area contributed by atoms with Gasteiger partial charge in [0.2, 0.25) is 5.91 Å². The molecule has 1 amide bonds. The van der Waals surface area contributed by atoms with Crippen LogP contribution in [-0.4, -0.2) is 17.4 Å². The maximum absolute atomic E-state index is 11.4. The highest BCUT2D eigenvalue weighted by atomic mass is 35.5. The third-order valence-electron chi connectivity index (χ3n) is 1.93. The van der Waals surface area contributed by atoms with Crippen molar-refractivity contribution in [3.05, 3.63) is 29.6 Å². The van der Waals surface area contributed by atoms with Gasteiger partial charge in [-0.1, -0.05) is 0 Å². The van der Waals surface area contributed by atoms with Crippen LogP contribution in [0.3, 0.4) is 0 Å². The lowest BCUT2D eigenvalue weighted by Crippen LogP contribution is -2.26. The van der Waals surface area contributed by atoms with Gasteiger partial charge in [-0.15, -0.1) is 11.6 Å². The Bertz CT molecular complexity index is 328. The summed E-state index contributed by atoms with van der Waals surface area (Å²) in [4.78, 5) is 15.4. The number of nitrogens with one attached hydrogen (secondary N) is 1. The molecular weight excluding hydrogens is 200 g/mol. The number of likely N-dealkylation sites (N-methyl/N-ethyl adjacent to an activating group) is 1. The number of hydrogen-bond acceptors (Lipinski definition) is 2. The van der Waals surface area contributed by atoms with Crippen LogP contribution in [0.25, 0.3) is 0 Å². The molecule has 0 saturated heterocycles. The molecule has 0 saturated carbocycles. The standard InChI is InChI=1S/C10H13ClN2O/c1-3-13-10(14)9(11)8-6-12-5-4-7(8)2/h4-6,9H,3H2,1-2H3,(H,13,14). The highest BCUT2D eigenvalue weighted by Gasteiger charge is 2.18. The molecule has 0 fully saturated rings. The number of alkyl halides is 1. The minimum atomic E-state index is -0.649. The summed E-state index contributed by atoms with van der Waals surface area (Å²) in [6.45, 7) is 4.35. The number of carbonyl (C=O) groups is 1. The quantitative estimate of drug-likeness (QED) is 0.777. The smallest absolute Gasteiger partial charge is 0.242 e. The Morgan fingerprint density at radius 1 is 1.71 bits per heavy atom. The summed E-state index contributed by atoms with van der Waals surface area (Å²) < 4.78 is 0. The molecule has 1 atom stereocenters. The highest BCUT2D eigenvalue weighted by Crippen LogP contribution is 2.22. The lowest BCUT2D eigenvalue weighted by Gasteiger charge is -2.11. The van der Waals surface area contributed by atoms with Crippen molar-refractivity contribution in [1.29, 1.82) is 0 Å². The average molecular weight is 213 g/mol. The molecule has 76 valence electrons. The summed E-state index contributed by atoms with van der Waals surface area (Å²) in [5.41, 5.74) is 1.74. The van der Waals surface area contributed by atoms with E-state index in [0.29, 0.717) is 6.54 Å². The molecule has 4 heteroatoms. The Hall–Kier alpha value is -1.09. The Morgan fingerprint density at radius 2 is 2.43 bits per heavy atom. The maximum atomic E-state index is 11.4. The zero-order chi connectivity index (χ0) is 10.6. The van der Waals surface area contributed by atoms with Crippen LogP contribution in [0.5, 0.6) is 0 Å². The number of amides is 1. The van der Waals surface area contributed by atoms with Crippen LogP contribution in [0.1, 0.15) is 23.4 Å². The van der Waals surface area contributed by atoms with E-state index >= 15 is 0 Å². The second-order valence-electron chi connectivity index (χ2n) is 2.99. The van der Waals surface area contributed by atoms with Crippen molar-refractivity contribution in [3.8, 4) is 0 Å². The van der Waals surface area contributed by atoms with Crippen molar-refractivity contribution in [1.82, 2.24) is 10.3 Å². The molecule has 0 spiro atoms. The van der Waals surface area contributed by atoms with Crippen molar-refractivity contribution in [2.75, 3.05) is 6.54 Å². The highest BCUT2D eigenvalue weighted by molar-refractivity contribution is 6.30. The van der Waals surface area contributed by atoms with Crippen molar-refractivity contribution in [3.63, 3.8) is 0 Å². The van der Waals surface area contributed by atoms with Gasteiger partial charge in [-0.3, -0.25) is 9.78 Å². The van der Waals surface area contributed by atoms with Crippen molar-refractivity contribution >= 4 is 17.5 Å². The van der Waals surface area contributed by atoms with E-state index in [0.717, 1.165) is 11.1 Å². The van der Waals surface area contributed by atoms with Gasteiger partial charge in [-0.05, 0) is 25.5 Å². The van der Waals surface area contributed by atoms with E-state index < -0.39 is 5.38 Å². The van der Waals surface area contributed by atoms with Crippen molar-refractivity contribution in [2.45, 2.75) is 19.2 Å². The van der Waals surface area contributed by atoms with Crippen LogP contribution in [0.2, 0.25) is 0 Å². The molecule has 1 aromatic heterocycles. The summed E-state index contributed by atoms with van der Waals surface area (Å²) in [6.07, 6.45) is 3.31. The number of aromatic nitrogens is 1. The molecular formula is C10H13ClN2O. The number of rotatable bonds is 3. The summed E-state index contributed by atoms with van der Waals surface area (Å²) >= 11 is 5.99. The first-order chi connectivity index (χ1) is 6.66. The Balaban J connectivity index is 2.84. The van der Waals surface area contributed by atoms with Gasteiger partial charge in [0.1, 0.15) is 5.38 Å². The molecule has 0 aliphatic heterocycles. The first kappa shape index (κ1) is 11.0. The molecule has 1 heterocycles. The Kier molecular flexibility index (Phi) is 3.89. The van der Waals surface area contributed by atoms with Crippen LogP contribution in [0.15, 0.2) is 18.5 Å². The molecule has 3 nitrogen and oxygen atoms in total. The predicted octanol–water partition coefficient (Wildman–Crippen LogP) is 1.81. The van der Waals surface area contributed by atoms with Gasteiger partial charge in [0, 0.05) is 24.5 Å². The monoisotopic (exact) mass is 212 g/mol. The third kappa shape index (κ3) is 2.45.